The lowest BCUT2D eigenvalue weighted by Crippen LogP contribution is -2.49. The van der Waals surface area contributed by atoms with Gasteiger partial charge in [0.15, 0.2) is 0 Å². The van der Waals surface area contributed by atoms with Gasteiger partial charge in [-0.3, -0.25) is 4.90 Å². The number of rotatable bonds is 6. The standard InChI is InChI=1S/C13H25ClN2O/c1-11(2)16-5-6-17-12(8-16)7-15-10-13(9-14)3-4-13/h11-12,15H,3-10H2,1-2H3. The van der Waals surface area contributed by atoms with E-state index in [9.17, 15) is 0 Å². The van der Waals surface area contributed by atoms with E-state index in [2.05, 4.69) is 24.1 Å². The summed E-state index contributed by atoms with van der Waals surface area (Å²) in [7, 11) is 0. The molecular formula is C13H25ClN2O. The summed E-state index contributed by atoms with van der Waals surface area (Å²) in [5, 5.41) is 3.53. The number of hydrogen-bond donors (Lipinski definition) is 1. The van der Waals surface area contributed by atoms with E-state index in [4.69, 9.17) is 16.3 Å². The summed E-state index contributed by atoms with van der Waals surface area (Å²) in [4.78, 5) is 2.49. The summed E-state index contributed by atoms with van der Waals surface area (Å²) in [5.41, 5.74) is 0.411. The number of alkyl halides is 1. The molecule has 1 unspecified atom stereocenters. The molecule has 4 heteroatoms. The van der Waals surface area contributed by atoms with E-state index in [1.165, 1.54) is 12.8 Å². The van der Waals surface area contributed by atoms with Crippen LogP contribution in [-0.2, 0) is 4.74 Å². The Hall–Kier alpha value is 0.170. The summed E-state index contributed by atoms with van der Waals surface area (Å²) in [5.74, 6) is 0.795. The Labute approximate surface area is 110 Å². The zero-order chi connectivity index (χ0) is 12.3. The van der Waals surface area contributed by atoms with E-state index in [0.717, 1.165) is 38.7 Å². The first-order valence-corrected chi connectivity index (χ1v) is 7.31. The van der Waals surface area contributed by atoms with Gasteiger partial charge in [0, 0.05) is 38.1 Å². The fourth-order valence-corrected chi connectivity index (χ4v) is 2.73. The minimum atomic E-state index is 0.345. The molecule has 17 heavy (non-hydrogen) atoms. The highest BCUT2D eigenvalue weighted by Crippen LogP contribution is 2.45. The molecule has 1 saturated carbocycles. The molecule has 0 aromatic rings. The molecule has 1 aliphatic heterocycles. The van der Waals surface area contributed by atoms with Crippen LogP contribution in [0.3, 0.4) is 0 Å². The van der Waals surface area contributed by atoms with E-state index in [-0.39, 0.29) is 0 Å². The van der Waals surface area contributed by atoms with Crippen LogP contribution in [0, 0.1) is 5.41 Å². The van der Waals surface area contributed by atoms with Gasteiger partial charge in [-0.05, 0) is 32.1 Å². The van der Waals surface area contributed by atoms with Gasteiger partial charge in [-0.1, -0.05) is 0 Å². The summed E-state index contributed by atoms with van der Waals surface area (Å²) in [6.45, 7) is 9.51. The number of ether oxygens (including phenoxy) is 1. The molecule has 2 aliphatic rings. The Morgan fingerprint density at radius 2 is 2.24 bits per heavy atom. The van der Waals surface area contributed by atoms with Crippen LogP contribution in [0.25, 0.3) is 0 Å². The Kier molecular flexibility index (Phi) is 4.70. The van der Waals surface area contributed by atoms with Gasteiger partial charge < -0.3 is 10.1 Å². The van der Waals surface area contributed by atoms with Gasteiger partial charge in [0.1, 0.15) is 0 Å². The summed E-state index contributed by atoms with van der Waals surface area (Å²) in [6.07, 6.45) is 2.91. The molecule has 100 valence electrons. The predicted molar refractivity (Wildman–Crippen MR) is 71.7 cm³/mol. The van der Waals surface area contributed by atoms with Crippen LogP contribution < -0.4 is 5.32 Å². The van der Waals surface area contributed by atoms with Gasteiger partial charge in [0.05, 0.1) is 12.7 Å². The van der Waals surface area contributed by atoms with Crippen molar-refractivity contribution in [2.75, 3.05) is 38.7 Å². The fraction of sp³-hybridized carbons (Fsp3) is 1.00. The Bertz CT molecular complexity index is 244. The predicted octanol–water partition coefficient (Wildman–Crippen LogP) is 1.70. The third-order valence-corrected chi connectivity index (χ3v) is 4.58. The smallest absolute Gasteiger partial charge is 0.0826 e. The lowest BCUT2D eigenvalue weighted by atomic mass is 10.1. The van der Waals surface area contributed by atoms with Gasteiger partial charge >= 0.3 is 0 Å². The van der Waals surface area contributed by atoms with Crippen LogP contribution in [0.15, 0.2) is 0 Å². The SMILES string of the molecule is CC(C)N1CCOC(CNCC2(CCl)CC2)C1. The van der Waals surface area contributed by atoms with Crippen LogP contribution in [0.2, 0.25) is 0 Å². The lowest BCUT2D eigenvalue weighted by molar-refractivity contribution is -0.0374. The third kappa shape index (κ3) is 3.82. The van der Waals surface area contributed by atoms with Crippen molar-refractivity contribution in [3.8, 4) is 0 Å². The summed E-state index contributed by atoms with van der Waals surface area (Å²) in [6, 6.07) is 0.624. The molecule has 1 atom stereocenters. The third-order valence-electron chi connectivity index (χ3n) is 4.01. The molecule has 1 N–H and O–H groups in total. The molecule has 2 fully saturated rings. The largest absolute Gasteiger partial charge is 0.374 e. The Morgan fingerprint density at radius 3 is 2.82 bits per heavy atom. The molecule has 0 aromatic heterocycles. The van der Waals surface area contributed by atoms with Gasteiger partial charge in [0.25, 0.3) is 0 Å². The van der Waals surface area contributed by atoms with Gasteiger partial charge in [-0.25, -0.2) is 0 Å². The zero-order valence-corrected chi connectivity index (χ0v) is 11.8. The highest BCUT2D eigenvalue weighted by atomic mass is 35.5. The maximum Gasteiger partial charge on any atom is 0.0826 e. The second-order valence-electron chi connectivity index (χ2n) is 5.85. The topological polar surface area (TPSA) is 24.5 Å². The number of halogens is 1. The summed E-state index contributed by atoms with van der Waals surface area (Å²) >= 11 is 5.96. The van der Waals surface area contributed by atoms with E-state index in [1.807, 2.05) is 0 Å². The van der Waals surface area contributed by atoms with Gasteiger partial charge in [-0.15, -0.1) is 11.6 Å². The second-order valence-corrected chi connectivity index (χ2v) is 6.11. The van der Waals surface area contributed by atoms with Crippen LogP contribution >= 0.6 is 11.6 Å². The number of nitrogens with zero attached hydrogens (tertiary/aromatic N) is 1. The van der Waals surface area contributed by atoms with Crippen molar-refractivity contribution in [2.45, 2.75) is 38.8 Å². The van der Waals surface area contributed by atoms with Crippen molar-refractivity contribution in [1.29, 1.82) is 0 Å². The van der Waals surface area contributed by atoms with Gasteiger partial charge in [0.2, 0.25) is 0 Å². The van der Waals surface area contributed by atoms with Crippen molar-refractivity contribution in [3.63, 3.8) is 0 Å². The Balaban J connectivity index is 1.65. The van der Waals surface area contributed by atoms with E-state index >= 15 is 0 Å². The van der Waals surface area contributed by atoms with E-state index in [1.54, 1.807) is 0 Å². The number of nitrogens with one attached hydrogen (secondary N) is 1. The van der Waals surface area contributed by atoms with Crippen molar-refractivity contribution in [1.82, 2.24) is 10.2 Å². The number of hydrogen-bond acceptors (Lipinski definition) is 3. The van der Waals surface area contributed by atoms with Crippen LogP contribution in [0.4, 0.5) is 0 Å². The summed E-state index contributed by atoms with van der Waals surface area (Å²) < 4.78 is 5.79. The first kappa shape index (κ1) is 13.6. The maximum absolute atomic E-state index is 5.96. The quantitative estimate of drug-likeness (QED) is 0.736. The molecule has 0 aromatic carbocycles. The van der Waals surface area contributed by atoms with Crippen molar-refractivity contribution < 1.29 is 4.74 Å². The molecule has 1 aliphatic carbocycles. The van der Waals surface area contributed by atoms with E-state index < -0.39 is 0 Å². The zero-order valence-electron chi connectivity index (χ0n) is 11.0. The molecule has 1 saturated heterocycles. The minimum absolute atomic E-state index is 0.345. The minimum Gasteiger partial charge on any atom is -0.374 e. The van der Waals surface area contributed by atoms with Crippen molar-refractivity contribution in [3.05, 3.63) is 0 Å². The first-order valence-electron chi connectivity index (χ1n) is 6.77. The molecular weight excluding hydrogens is 236 g/mol. The van der Waals surface area contributed by atoms with E-state index in [0.29, 0.717) is 17.6 Å². The molecule has 1 heterocycles. The van der Waals surface area contributed by atoms with Crippen LogP contribution in [0.1, 0.15) is 26.7 Å². The molecule has 0 amide bonds. The molecule has 2 rings (SSSR count). The average Bonchev–Trinajstić information content (AvgIpc) is 3.10. The van der Waals surface area contributed by atoms with Crippen LogP contribution in [-0.4, -0.2) is 55.7 Å². The first-order chi connectivity index (χ1) is 8.15. The molecule has 3 nitrogen and oxygen atoms in total. The van der Waals surface area contributed by atoms with Crippen molar-refractivity contribution >= 4 is 11.6 Å². The van der Waals surface area contributed by atoms with Crippen LogP contribution in [0.5, 0.6) is 0 Å². The average molecular weight is 261 g/mol. The normalized spacial score (nSPS) is 28.6. The lowest BCUT2D eigenvalue weighted by Gasteiger charge is -2.35. The maximum atomic E-state index is 5.96. The van der Waals surface area contributed by atoms with Crippen molar-refractivity contribution in [2.24, 2.45) is 5.41 Å². The second kappa shape index (κ2) is 5.87. The highest BCUT2D eigenvalue weighted by Gasteiger charge is 2.41. The monoisotopic (exact) mass is 260 g/mol. The highest BCUT2D eigenvalue weighted by molar-refractivity contribution is 6.18. The molecule has 0 spiro atoms. The van der Waals surface area contributed by atoms with Gasteiger partial charge in [-0.2, -0.15) is 0 Å². The number of morpholine rings is 1. The fourth-order valence-electron chi connectivity index (χ4n) is 2.37. The Morgan fingerprint density at radius 1 is 1.47 bits per heavy atom. The molecule has 0 bridgehead atoms. The molecule has 0 radical (unpaired) electrons.